The molecule has 10 nitrogen and oxygen atoms in total. The van der Waals surface area contributed by atoms with Crippen molar-refractivity contribution < 1.29 is 33.1 Å². The van der Waals surface area contributed by atoms with Gasteiger partial charge >= 0.3 is 11.9 Å². The summed E-state index contributed by atoms with van der Waals surface area (Å²) in [6.45, 7) is -0.942. The van der Waals surface area contributed by atoms with Crippen molar-refractivity contribution in [1.82, 2.24) is 4.31 Å². The molecule has 1 aromatic carbocycles. The Morgan fingerprint density at radius 2 is 1.67 bits per heavy atom. The Kier molecular flexibility index (Phi) is 6.63. The zero-order chi connectivity index (χ0) is 18.5. The average Bonchev–Trinajstić information content (AvgIpc) is 2.46. The van der Waals surface area contributed by atoms with Gasteiger partial charge in [-0.1, -0.05) is 11.6 Å². The van der Waals surface area contributed by atoms with Crippen LogP contribution >= 0.6 is 11.6 Å². The van der Waals surface area contributed by atoms with Crippen molar-refractivity contribution in [1.29, 1.82) is 0 Å². The number of nitrogens with zero attached hydrogens (tertiary/aromatic N) is 2. The Bertz CT molecular complexity index is 746. The number of carboxylic acid groups (broad SMARTS) is 2. The van der Waals surface area contributed by atoms with Crippen LogP contribution in [0.1, 0.15) is 12.8 Å². The second kappa shape index (κ2) is 8.04. The van der Waals surface area contributed by atoms with Crippen LogP contribution in [0.4, 0.5) is 5.69 Å². The standard InChI is InChI=1S/C12H13ClN2O8S/c13-9-2-1-8(7-10(9)15(20)21)24(22,23)14(5-3-11(16)17)6-4-12(18)19/h1-2,7H,3-6H2,(H,16,17)(H,18,19). The minimum absolute atomic E-state index is 0.262. The van der Waals surface area contributed by atoms with Crippen molar-refractivity contribution in [3.63, 3.8) is 0 Å². The second-order valence-electron chi connectivity index (χ2n) is 4.56. The number of carboxylic acids is 2. The maximum Gasteiger partial charge on any atom is 0.304 e. The van der Waals surface area contributed by atoms with Crippen LogP contribution in [-0.4, -0.2) is 52.9 Å². The van der Waals surface area contributed by atoms with Crippen LogP contribution in [-0.2, 0) is 19.6 Å². The van der Waals surface area contributed by atoms with Crippen molar-refractivity contribution in [3.8, 4) is 0 Å². The van der Waals surface area contributed by atoms with E-state index in [1.807, 2.05) is 0 Å². The molecule has 0 bridgehead atoms. The van der Waals surface area contributed by atoms with Crippen molar-refractivity contribution in [3.05, 3.63) is 33.3 Å². The van der Waals surface area contributed by atoms with Gasteiger partial charge in [0.15, 0.2) is 0 Å². The van der Waals surface area contributed by atoms with Crippen molar-refractivity contribution in [2.75, 3.05) is 13.1 Å². The van der Waals surface area contributed by atoms with Gasteiger partial charge < -0.3 is 10.2 Å². The summed E-state index contributed by atoms with van der Waals surface area (Å²) in [5.41, 5.74) is -0.630. The van der Waals surface area contributed by atoms with Crippen molar-refractivity contribution >= 4 is 39.3 Å². The Morgan fingerprint density at radius 3 is 2.08 bits per heavy atom. The van der Waals surface area contributed by atoms with Gasteiger partial charge in [0.2, 0.25) is 10.0 Å². The van der Waals surface area contributed by atoms with Crippen LogP contribution in [0.5, 0.6) is 0 Å². The van der Waals surface area contributed by atoms with Crippen LogP contribution in [0, 0.1) is 10.1 Å². The molecule has 0 aliphatic rings. The van der Waals surface area contributed by atoms with E-state index in [2.05, 4.69) is 0 Å². The number of aliphatic carboxylic acids is 2. The highest BCUT2D eigenvalue weighted by atomic mass is 35.5. The lowest BCUT2D eigenvalue weighted by atomic mass is 10.3. The molecule has 132 valence electrons. The third-order valence-electron chi connectivity index (χ3n) is 2.90. The van der Waals surface area contributed by atoms with Crippen molar-refractivity contribution in [2.24, 2.45) is 0 Å². The van der Waals surface area contributed by atoms with Crippen LogP contribution in [0.3, 0.4) is 0 Å². The zero-order valence-corrected chi connectivity index (χ0v) is 13.7. The van der Waals surface area contributed by atoms with E-state index in [9.17, 15) is 28.1 Å². The predicted octanol–water partition coefficient (Wildman–Crippen LogP) is 1.19. The molecule has 0 fully saturated rings. The summed E-state index contributed by atoms with van der Waals surface area (Å²) < 4.78 is 25.7. The molecule has 0 aliphatic heterocycles. The van der Waals surface area contributed by atoms with Gasteiger partial charge in [0, 0.05) is 19.2 Å². The SMILES string of the molecule is O=C(O)CCN(CCC(=O)O)S(=O)(=O)c1ccc(Cl)c([N+](=O)[O-])c1. The number of halogens is 1. The first kappa shape index (κ1) is 19.8. The fourth-order valence-electron chi connectivity index (χ4n) is 1.73. The molecule has 1 rings (SSSR count). The molecule has 0 heterocycles. The number of hydrogen-bond acceptors (Lipinski definition) is 6. The summed E-state index contributed by atoms with van der Waals surface area (Å²) in [5, 5.41) is 28.0. The third kappa shape index (κ3) is 5.15. The molecule has 0 amide bonds. The molecule has 0 atom stereocenters. The molecular formula is C12H13ClN2O8S. The number of rotatable bonds is 9. The molecule has 2 N–H and O–H groups in total. The first-order chi connectivity index (χ1) is 11.1. The maximum absolute atomic E-state index is 12.5. The van der Waals surface area contributed by atoms with Gasteiger partial charge in [-0.3, -0.25) is 19.7 Å². The van der Waals surface area contributed by atoms with Gasteiger partial charge in [-0.25, -0.2) is 8.42 Å². The van der Waals surface area contributed by atoms with E-state index in [0.717, 1.165) is 18.2 Å². The largest absolute Gasteiger partial charge is 0.481 e. The van der Waals surface area contributed by atoms with Crippen LogP contribution in [0.15, 0.2) is 23.1 Å². The predicted molar refractivity (Wildman–Crippen MR) is 81.4 cm³/mol. The smallest absolute Gasteiger partial charge is 0.304 e. The van der Waals surface area contributed by atoms with Gasteiger partial charge in [-0.2, -0.15) is 4.31 Å². The number of benzene rings is 1. The van der Waals surface area contributed by atoms with Crippen LogP contribution < -0.4 is 0 Å². The number of carbonyl (C=O) groups is 2. The average molecular weight is 381 g/mol. The van der Waals surface area contributed by atoms with Gasteiger partial charge in [0.25, 0.3) is 5.69 Å². The highest BCUT2D eigenvalue weighted by molar-refractivity contribution is 7.89. The monoisotopic (exact) mass is 380 g/mol. The molecule has 0 aromatic heterocycles. The fourth-order valence-corrected chi connectivity index (χ4v) is 3.38. The molecule has 24 heavy (non-hydrogen) atoms. The van der Waals surface area contributed by atoms with Gasteiger partial charge in [0.1, 0.15) is 5.02 Å². The Balaban J connectivity index is 3.22. The van der Waals surface area contributed by atoms with Gasteiger partial charge in [-0.05, 0) is 12.1 Å². The molecule has 0 aliphatic carbocycles. The van der Waals surface area contributed by atoms with E-state index in [4.69, 9.17) is 21.8 Å². The van der Waals surface area contributed by atoms with E-state index in [0.29, 0.717) is 4.31 Å². The van der Waals surface area contributed by atoms with Gasteiger partial charge in [0.05, 0.1) is 22.7 Å². The Hall–Kier alpha value is -2.24. The first-order valence-electron chi connectivity index (χ1n) is 6.43. The number of nitro groups is 1. The Morgan fingerprint density at radius 1 is 1.17 bits per heavy atom. The van der Waals surface area contributed by atoms with E-state index in [-0.39, 0.29) is 5.02 Å². The van der Waals surface area contributed by atoms with Crippen LogP contribution in [0.25, 0.3) is 0 Å². The van der Waals surface area contributed by atoms with Crippen molar-refractivity contribution in [2.45, 2.75) is 17.7 Å². The molecule has 12 heteroatoms. The minimum Gasteiger partial charge on any atom is -0.481 e. The highest BCUT2D eigenvalue weighted by Gasteiger charge is 2.28. The number of hydrogen-bond donors (Lipinski definition) is 2. The highest BCUT2D eigenvalue weighted by Crippen LogP contribution is 2.28. The van der Waals surface area contributed by atoms with E-state index >= 15 is 0 Å². The van der Waals surface area contributed by atoms with Crippen LogP contribution in [0.2, 0.25) is 5.02 Å². The Labute approximate surface area is 141 Å². The maximum atomic E-state index is 12.5. The summed E-state index contributed by atoms with van der Waals surface area (Å²) in [5.74, 6) is -2.54. The van der Waals surface area contributed by atoms with Gasteiger partial charge in [-0.15, -0.1) is 0 Å². The molecule has 1 aromatic rings. The lowest BCUT2D eigenvalue weighted by molar-refractivity contribution is -0.384. The molecular weight excluding hydrogens is 368 g/mol. The summed E-state index contributed by atoms with van der Waals surface area (Å²) in [6, 6.07) is 2.80. The van der Waals surface area contributed by atoms with E-state index in [1.54, 1.807) is 0 Å². The zero-order valence-electron chi connectivity index (χ0n) is 12.1. The summed E-state index contributed by atoms with van der Waals surface area (Å²) >= 11 is 5.62. The quantitative estimate of drug-likeness (QED) is 0.478. The third-order valence-corrected chi connectivity index (χ3v) is 5.12. The summed E-state index contributed by atoms with van der Waals surface area (Å²) in [4.78, 5) is 30.8. The van der Waals surface area contributed by atoms with E-state index in [1.165, 1.54) is 0 Å². The molecule has 0 unspecified atom stereocenters. The second-order valence-corrected chi connectivity index (χ2v) is 6.91. The van der Waals surface area contributed by atoms with E-state index < -0.39 is 63.4 Å². The number of sulfonamides is 1. The fraction of sp³-hybridized carbons (Fsp3) is 0.333. The lowest BCUT2D eigenvalue weighted by Crippen LogP contribution is -2.35. The summed E-state index contributed by atoms with van der Waals surface area (Å²) in [7, 11) is -4.32. The topological polar surface area (TPSA) is 155 Å². The normalized spacial score (nSPS) is 11.4. The molecule has 0 radical (unpaired) electrons. The lowest BCUT2D eigenvalue weighted by Gasteiger charge is -2.20. The summed E-state index contributed by atoms with van der Waals surface area (Å²) in [6.07, 6.45) is -1.09. The molecule has 0 spiro atoms. The molecule has 0 saturated heterocycles. The minimum atomic E-state index is -4.32. The number of nitro benzene ring substituents is 1. The molecule has 0 saturated carbocycles. The first-order valence-corrected chi connectivity index (χ1v) is 8.25.